The molecule has 0 spiro atoms. The van der Waals surface area contributed by atoms with Gasteiger partial charge in [0.25, 0.3) is 5.91 Å². The molecule has 1 heterocycles. The van der Waals surface area contributed by atoms with Gasteiger partial charge in [0.2, 0.25) is 0 Å². The summed E-state index contributed by atoms with van der Waals surface area (Å²) in [7, 11) is 0. The second-order valence-electron chi connectivity index (χ2n) is 9.65. The van der Waals surface area contributed by atoms with E-state index in [4.69, 9.17) is 36.4 Å². The van der Waals surface area contributed by atoms with E-state index in [2.05, 4.69) is 27.2 Å². The van der Waals surface area contributed by atoms with Crippen molar-refractivity contribution in [2.45, 2.75) is 33.4 Å². The predicted octanol–water partition coefficient (Wildman–Crippen LogP) is 4.42. The Kier molecular flexibility index (Phi) is 11.5. The van der Waals surface area contributed by atoms with Crippen LogP contribution in [-0.2, 0) is 20.9 Å². The highest BCUT2D eigenvalue weighted by Crippen LogP contribution is 2.33. The topological polar surface area (TPSA) is 143 Å². The van der Waals surface area contributed by atoms with Crippen LogP contribution < -0.4 is 30.3 Å². The number of carbonyl (C=O) groups is 2. The zero-order chi connectivity index (χ0) is 32.2. The Morgan fingerprint density at radius 1 is 1.00 bits per heavy atom. The van der Waals surface area contributed by atoms with Gasteiger partial charge in [-0.15, -0.1) is 0 Å². The SMILES string of the molecule is CCOC(=O)C1=C(C)NC(=S)N[C@@H]1c1ccccc1OCC(=O)NN=Cc1ccc(OCc2ccc(C#N)cc2)c(OCC)c1. The molecule has 1 atom stereocenters. The second-order valence-corrected chi connectivity index (χ2v) is 10.1. The minimum absolute atomic E-state index is 0.219. The summed E-state index contributed by atoms with van der Waals surface area (Å²) >= 11 is 5.32. The highest BCUT2D eigenvalue weighted by molar-refractivity contribution is 7.80. The van der Waals surface area contributed by atoms with Crippen molar-refractivity contribution in [1.82, 2.24) is 16.1 Å². The van der Waals surface area contributed by atoms with Gasteiger partial charge in [-0.3, -0.25) is 4.79 Å². The Hall–Kier alpha value is -5.41. The first-order valence-corrected chi connectivity index (χ1v) is 14.6. The van der Waals surface area contributed by atoms with Crippen LogP contribution >= 0.6 is 12.2 Å². The van der Waals surface area contributed by atoms with Crippen molar-refractivity contribution < 1.29 is 28.5 Å². The Labute approximate surface area is 266 Å². The van der Waals surface area contributed by atoms with Gasteiger partial charge in [-0.2, -0.15) is 10.4 Å². The summed E-state index contributed by atoms with van der Waals surface area (Å²) in [5.74, 6) is 0.502. The number of esters is 1. The number of rotatable bonds is 13. The van der Waals surface area contributed by atoms with E-state index < -0.39 is 17.9 Å². The van der Waals surface area contributed by atoms with Gasteiger partial charge in [-0.05, 0) is 80.5 Å². The number of nitriles is 1. The molecule has 11 nitrogen and oxygen atoms in total. The third kappa shape index (κ3) is 8.81. The Morgan fingerprint density at radius 3 is 2.51 bits per heavy atom. The number of benzene rings is 3. The van der Waals surface area contributed by atoms with E-state index in [9.17, 15) is 9.59 Å². The van der Waals surface area contributed by atoms with Crippen molar-refractivity contribution in [3.63, 3.8) is 0 Å². The molecule has 0 unspecified atom stereocenters. The van der Waals surface area contributed by atoms with Crippen LogP contribution in [0.15, 0.2) is 83.1 Å². The largest absolute Gasteiger partial charge is 0.490 e. The van der Waals surface area contributed by atoms with Gasteiger partial charge in [-0.1, -0.05) is 30.3 Å². The Balaban J connectivity index is 1.37. The molecule has 3 N–H and O–H groups in total. The third-order valence-electron chi connectivity index (χ3n) is 6.50. The van der Waals surface area contributed by atoms with Crippen LogP contribution in [0.3, 0.4) is 0 Å². The summed E-state index contributed by atoms with van der Waals surface area (Å²) in [6.45, 7) is 5.98. The normalized spacial score (nSPS) is 14.2. The smallest absolute Gasteiger partial charge is 0.338 e. The van der Waals surface area contributed by atoms with E-state index >= 15 is 0 Å². The maximum Gasteiger partial charge on any atom is 0.338 e. The van der Waals surface area contributed by atoms with E-state index in [-0.39, 0.29) is 13.2 Å². The molecule has 1 aliphatic heterocycles. The number of nitrogens with one attached hydrogen (secondary N) is 3. The molecule has 3 aromatic carbocycles. The number of thiocarbonyl (C=S) groups is 1. The number of para-hydroxylation sites is 1. The molecule has 0 bridgehead atoms. The Bertz CT molecular complexity index is 1650. The van der Waals surface area contributed by atoms with E-state index in [1.165, 1.54) is 6.21 Å². The number of ether oxygens (including phenoxy) is 4. The first kappa shape index (κ1) is 32.5. The average Bonchev–Trinajstić information content (AvgIpc) is 3.03. The van der Waals surface area contributed by atoms with Gasteiger partial charge >= 0.3 is 5.97 Å². The number of allylic oxidation sites excluding steroid dienone is 1. The van der Waals surface area contributed by atoms with Gasteiger partial charge in [0.1, 0.15) is 12.4 Å². The van der Waals surface area contributed by atoms with Crippen molar-refractivity contribution >= 4 is 35.4 Å². The zero-order valence-electron chi connectivity index (χ0n) is 25.1. The molecular weight excluding hydrogens is 594 g/mol. The summed E-state index contributed by atoms with van der Waals surface area (Å²) in [5.41, 5.74) is 6.19. The Morgan fingerprint density at radius 2 is 1.78 bits per heavy atom. The molecule has 0 aromatic heterocycles. The first-order valence-electron chi connectivity index (χ1n) is 14.2. The standard InChI is InChI=1S/C33H33N5O6S/c1-4-41-28-16-24(14-15-27(28)43-19-23-12-10-22(17-34)11-13-23)18-35-38-29(39)20-44-26-9-7-6-8-25(26)31-30(32(40)42-5-2)21(3)36-33(45)37-31/h6-16,18,31H,4-5,19-20H2,1-3H3,(H,38,39)(H2,36,37,45)/t31-/m1/s1. The van der Waals surface area contributed by atoms with E-state index in [1.54, 1.807) is 68.4 Å². The lowest BCUT2D eigenvalue weighted by molar-refractivity contribution is -0.139. The van der Waals surface area contributed by atoms with Crippen molar-refractivity contribution in [3.8, 4) is 23.3 Å². The van der Waals surface area contributed by atoms with Gasteiger partial charge in [0.05, 0.1) is 42.7 Å². The molecule has 1 aliphatic rings. The van der Waals surface area contributed by atoms with Crippen LogP contribution in [0, 0.1) is 11.3 Å². The summed E-state index contributed by atoms with van der Waals surface area (Å²) in [6.07, 6.45) is 1.48. The zero-order valence-corrected chi connectivity index (χ0v) is 25.9. The third-order valence-corrected chi connectivity index (χ3v) is 6.72. The average molecular weight is 628 g/mol. The number of carbonyl (C=O) groups excluding carboxylic acids is 2. The molecule has 0 radical (unpaired) electrons. The lowest BCUT2D eigenvalue weighted by atomic mass is 9.95. The lowest BCUT2D eigenvalue weighted by Gasteiger charge is -2.30. The van der Waals surface area contributed by atoms with Crippen LogP contribution in [0.2, 0.25) is 0 Å². The number of hydrogen-bond donors (Lipinski definition) is 3. The molecule has 1 amide bonds. The summed E-state index contributed by atoms with van der Waals surface area (Å²) < 4.78 is 22.8. The molecule has 0 saturated heterocycles. The minimum atomic E-state index is -0.634. The minimum Gasteiger partial charge on any atom is -0.490 e. The van der Waals surface area contributed by atoms with Gasteiger partial charge in [-0.25, -0.2) is 10.2 Å². The van der Waals surface area contributed by atoms with E-state index in [1.807, 2.05) is 19.1 Å². The molecule has 4 rings (SSSR count). The van der Waals surface area contributed by atoms with Crippen molar-refractivity contribution in [2.24, 2.45) is 5.10 Å². The predicted molar refractivity (Wildman–Crippen MR) is 172 cm³/mol. The summed E-state index contributed by atoms with van der Waals surface area (Å²) in [5, 5.41) is 19.4. The molecule has 12 heteroatoms. The molecular formula is C33H33N5O6S. The molecule has 0 saturated carbocycles. The van der Waals surface area contributed by atoms with Crippen LogP contribution in [-0.4, -0.2) is 43.0 Å². The van der Waals surface area contributed by atoms with Crippen LogP contribution in [0.5, 0.6) is 17.2 Å². The highest BCUT2D eigenvalue weighted by atomic mass is 32.1. The quantitative estimate of drug-likeness (QED) is 0.108. The maximum atomic E-state index is 12.8. The van der Waals surface area contributed by atoms with Crippen molar-refractivity contribution in [3.05, 3.63) is 100 Å². The fourth-order valence-corrected chi connectivity index (χ4v) is 4.71. The monoisotopic (exact) mass is 627 g/mol. The molecule has 45 heavy (non-hydrogen) atoms. The summed E-state index contributed by atoms with van der Waals surface area (Å²) in [6, 6.07) is 21.0. The second kappa shape index (κ2) is 15.9. The van der Waals surface area contributed by atoms with Crippen LogP contribution in [0.25, 0.3) is 0 Å². The van der Waals surface area contributed by atoms with Gasteiger partial charge in [0, 0.05) is 11.3 Å². The number of hydrogen-bond acceptors (Lipinski definition) is 9. The van der Waals surface area contributed by atoms with E-state index in [0.29, 0.717) is 63.5 Å². The number of nitrogens with zero attached hydrogens (tertiary/aromatic N) is 2. The van der Waals surface area contributed by atoms with Crippen molar-refractivity contribution in [1.29, 1.82) is 5.26 Å². The van der Waals surface area contributed by atoms with Gasteiger partial charge in [0.15, 0.2) is 23.2 Å². The lowest BCUT2D eigenvalue weighted by Crippen LogP contribution is -2.45. The fraction of sp³-hybridized carbons (Fsp3) is 0.242. The van der Waals surface area contributed by atoms with Crippen molar-refractivity contribution in [2.75, 3.05) is 19.8 Å². The maximum absolute atomic E-state index is 12.8. The van der Waals surface area contributed by atoms with Gasteiger partial charge < -0.3 is 29.6 Å². The first-order chi connectivity index (χ1) is 21.8. The fourth-order valence-electron chi connectivity index (χ4n) is 4.44. The molecule has 0 fully saturated rings. The van der Waals surface area contributed by atoms with E-state index in [0.717, 1.165) is 5.56 Å². The molecule has 232 valence electrons. The highest BCUT2D eigenvalue weighted by Gasteiger charge is 2.32. The summed E-state index contributed by atoms with van der Waals surface area (Å²) in [4.78, 5) is 25.3. The molecule has 3 aromatic rings. The number of amides is 1. The van der Waals surface area contributed by atoms with Crippen LogP contribution in [0.4, 0.5) is 0 Å². The number of hydrazone groups is 1. The van der Waals surface area contributed by atoms with Crippen LogP contribution in [0.1, 0.15) is 49.1 Å². The molecule has 0 aliphatic carbocycles.